The number of aliphatic hydroxyl groups is 2. The van der Waals surface area contributed by atoms with Gasteiger partial charge in [-0.2, -0.15) is 0 Å². The predicted octanol–water partition coefficient (Wildman–Crippen LogP) is 2.07. The van der Waals surface area contributed by atoms with Crippen molar-refractivity contribution in [3.05, 3.63) is 0 Å². The fraction of sp³-hybridized carbons (Fsp3) is 1.00. The molecule has 2 atom stereocenters. The van der Waals surface area contributed by atoms with E-state index in [2.05, 4.69) is 33.0 Å². The van der Waals surface area contributed by atoms with Crippen LogP contribution < -0.4 is 5.32 Å². The highest BCUT2D eigenvalue weighted by molar-refractivity contribution is 5.03. The molecule has 0 heterocycles. The van der Waals surface area contributed by atoms with Crippen LogP contribution in [0.5, 0.6) is 0 Å². The Bertz CT molecular complexity index is 302. The lowest BCUT2D eigenvalue weighted by Gasteiger charge is -2.51. The lowest BCUT2D eigenvalue weighted by atomic mass is 9.64. The minimum atomic E-state index is -0.536. The van der Waals surface area contributed by atoms with Gasteiger partial charge in [-0.15, -0.1) is 0 Å². The summed E-state index contributed by atoms with van der Waals surface area (Å²) in [4.78, 5) is 0. The molecule has 2 unspecified atom stereocenters. The lowest BCUT2D eigenvalue weighted by Crippen LogP contribution is -2.62. The monoisotopic (exact) mass is 255 g/mol. The van der Waals surface area contributed by atoms with Crippen molar-refractivity contribution in [2.24, 2.45) is 10.8 Å². The smallest absolute Gasteiger partial charge is 0.0772 e. The fourth-order valence-electron chi connectivity index (χ4n) is 3.13. The van der Waals surface area contributed by atoms with Gasteiger partial charge in [-0.05, 0) is 37.5 Å². The van der Waals surface area contributed by atoms with Crippen molar-refractivity contribution in [1.29, 1.82) is 0 Å². The van der Waals surface area contributed by atoms with E-state index in [1.165, 1.54) is 0 Å². The summed E-state index contributed by atoms with van der Waals surface area (Å²) < 4.78 is 0. The minimum Gasteiger partial charge on any atom is -0.392 e. The van der Waals surface area contributed by atoms with Gasteiger partial charge in [0, 0.05) is 18.0 Å². The van der Waals surface area contributed by atoms with Crippen LogP contribution in [0.25, 0.3) is 0 Å². The third-order valence-corrected chi connectivity index (χ3v) is 5.43. The van der Waals surface area contributed by atoms with Crippen LogP contribution in [0.2, 0.25) is 0 Å². The van der Waals surface area contributed by atoms with E-state index in [0.29, 0.717) is 18.0 Å². The van der Waals surface area contributed by atoms with E-state index in [0.717, 1.165) is 32.1 Å². The average Bonchev–Trinajstić information content (AvgIpc) is 2.29. The van der Waals surface area contributed by atoms with Crippen LogP contribution in [0.3, 0.4) is 0 Å². The molecule has 106 valence electrons. The Morgan fingerprint density at radius 2 is 1.61 bits per heavy atom. The number of hydrogen-bond donors (Lipinski definition) is 3. The molecule has 0 aromatic carbocycles. The summed E-state index contributed by atoms with van der Waals surface area (Å²) in [6, 6.07) is 0.339. The molecular weight excluding hydrogens is 226 g/mol. The summed E-state index contributed by atoms with van der Waals surface area (Å²) in [5.41, 5.74) is -0.200. The molecule has 2 aliphatic rings. The van der Waals surface area contributed by atoms with Gasteiger partial charge in [-0.25, -0.2) is 0 Å². The molecule has 3 N–H and O–H groups in total. The van der Waals surface area contributed by atoms with Gasteiger partial charge in [0.1, 0.15) is 0 Å². The number of rotatable bonds is 3. The molecule has 0 radical (unpaired) electrons. The molecule has 0 spiro atoms. The van der Waals surface area contributed by atoms with Crippen molar-refractivity contribution >= 4 is 0 Å². The molecule has 0 saturated heterocycles. The first-order valence-electron chi connectivity index (χ1n) is 7.29. The van der Waals surface area contributed by atoms with E-state index in [1.54, 1.807) is 0 Å². The number of aliphatic hydroxyl groups excluding tert-OH is 1. The van der Waals surface area contributed by atoms with Crippen molar-refractivity contribution in [3.63, 3.8) is 0 Å². The molecule has 2 rings (SSSR count). The van der Waals surface area contributed by atoms with Gasteiger partial charge in [0.25, 0.3) is 0 Å². The summed E-state index contributed by atoms with van der Waals surface area (Å²) in [5, 5.41) is 23.8. The van der Waals surface area contributed by atoms with Crippen molar-refractivity contribution in [3.8, 4) is 0 Å². The van der Waals surface area contributed by atoms with Gasteiger partial charge in [0.15, 0.2) is 0 Å². The summed E-state index contributed by atoms with van der Waals surface area (Å²) in [7, 11) is 0. The first kappa shape index (κ1) is 14.3. The second-order valence-corrected chi connectivity index (χ2v) is 7.89. The van der Waals surface area contributed by atoms with Crippen LogP contribution in [-0.2, 0) is 0 Å². The Balaban J connectivity index is 1.81. The average molecular weight is 255 g/mol. The lowest BCUT2D eigenvalue weighted by molar-refractivity contribution is -0.0864. The molecule has 0 aromatic rings. The second kappa shape index (κ2) is 4.46. The Hall–Kier alpha value is -0.120. The highest BCUT2D eigenvalue weighted by Crippen LogP contribution is 2.42. The van der Waals surface area contributed by atoms with Crippen LogP contribution in [0, 0.1) is 10.8 Å². The fourth-order valence-corrected chi connectivity index (χ4v) is 3.13. The van der Waals surface area contributed by atoms with E-state index in [1.807, 2.05) is 0 Å². The standard InChI is InChI=1S/C15H29NO2/c1-13(2)5-7-15(18,8-6-13)10-16-11-9-12(17)14(11,3)4/h11-12,16-18H,5-10H2,1-4H3. The third-order valence-electron chi connectivity index (χ3n) is 5.43. The van der Waals surface area contributed by atoms with E-state index in [-0.39, 0.29) is 11.5 Å². The van der Waals surface area contributed by atoms with E-state index in [4.69, 9.17) is 0 Å². The van der Waals surface area contributed by atoms with E-state index >= 15 is 0 Å². The number of nitrogens with one attached hydrogen (secondary N) is 1. The largest absolute Gasteiger partial charge is 0.392 e. The molecule has 0 amide bonds. The molecular formula is C15H29NO2. The maximum Gasteiger partial charge on any atom is 0.0772 e. The van der Waals surface area contributed by atoms with E-state index in [9.17, 15) is 10.2 Å². The van der Waals surface area contributed by atoms with Gasteiger partial charge in [0.05, 0.1) is 11.7 Å². The summed E-state index contributed by atoms with van der Waals surface area (Å²) >= 11 is 0. The molecule has 2 fully saturated rings. The van der Waals surface area contributed by atoms with Gasteiger partial charge in [-0.3, -0.25) is 0 Å². The minimum absolute atomic E-state index is 0.0513. The van der Waals surface area contributed by atoms with Crippen molar-refractivity contribution in [2.75, 3.05) is 6.54 Å². The highest BCUT2D eigenvalue weighted by atomic mass is 16.3. The van der Waals surface area contributed by atoms with Gasteiger partial charge in [0.2, 0.25) is 0 Å². The molecule has 3 nitrogen and oxygen atoms in total. The van der Waals surface area contributed by atoms with Crippen molar-refractivity contribution in [1.82, 2.24) is 5.32 Å². The zero-order chi connectivity index (χ0) is 13.6. The van der Waals surface area contributed by atoms with Gasteiger partial charge >= 0.3 is 0 Å². The molecule has 0 bridgehead atoms. The molecule has 2 aliphatic carbocycles. The van der Waals surface area contributed by atoms with Crippen LogP contribution >= 0.6 is 0 Å². The molecule has 2 saturated carbocycles. The quantitative estimate of drug-likeness (QED) is 0.723. The molecule has 0 aliphatic heterocycles. The molecule has 3 heteroatoms. The molecule has 18 heavy (non-hydrogen) atoms. The topological polar surface area (TPSA) is 52.5 Å². The van der Waals surface area contributed by atoms with Crippen LogP contribution in [-0.4, -0.2) is 34.5 Å². The SMILES string of the molecule is CC1(C)CCC(O)(CNC2CC(O)C2(C)C)CC1. The highest BCUT2D eigenvalue weighted by Gasteiger charge is 2.48. The number of hydrogen-bond acceptors (Lipinski definition) is 3. The van der Waals surface area contributed by atoms with Gasteiger partial charge in [-0.1, -0.05) is 27.7 Å². The summed E-state index contributed by atoms with van der Waals surface area (Å²) in [5.74, 6) is 0. The maximum absolute atomic E-state index is 10.6. The third kappa shape index (κ3) is 2.73. The Kier molecular flexibility index (Phi) is 3.54. The van der Waals surface area contributed by atoms with Crippen LogP contribution in [0.15, 0.2) is 0 Å². The first-order chi connectivity index (χ1) is 8.15. The predicted molar refractivity (Wildman–Crippen MR) is 73.4 cm³/mol. The van der Waals surface area contributed by atoms with Crippen LogP contribution in [0.4, 0.5) is 0 Å². The van der Waals surface area contributed by atoms with Crippen LogP contribution in [0.1, 0.15) is 59.8 Å². The Morgan fingerprint density at radius 1 is 1.06 bits per heavy atom. The second-order valence-electron chi connectivity index (χ2n) is 7.89. The zero-order valence-corrected chi connectivity index (χ0v) is 12.3. The first-order valence-corrected chi connectivity index (χ1v) is 7.29. The maximum atomic E-state index is 10.6. The molecule has 0 aromatic heterocycles. The van der Waals surface area contributed by atoms with E-state index < -0.39 is 5.60 Å². The normalized spacial score (nSPS) is 37.0. The Morgan fingerprint density at radius 3 is 2.06 bits per heavy atom. The zero-order valence-electron chi connectivity index (χ0n) is 12.3. The van der Waals surface area contributed by atoms with Gasteiger partial charge < -0.3 is 15.5 Å². The van der Waals surface area contributed by atoms with Crippen molar-refractivity contribution in [2.45, 2.75) is 77.5 Å². The van der Waals surface area contributed by atoms with Crippen molar-refractivity contribution < 1.29 is 10.2 Å². The summed E-state index contributed by atoms with van der Waals surface area (Å²) in [6.45, 7) is 9.42. The summed E-state index contributed by atoms with van der Waals surface area (Å²) in [6.07, 6.45) is 4.60. The Labute approximate surface area is 111 Å².